The van der Waals surface area contributed by atoms with Crippen LogP contribution in [0.3, 0.4) is 0 Å². The Morgan fingerprint density at radius 2 is 1.86 bits per heavy atom. The first kappa shape index (κ1) is 15.9. The summed E-state index contributed by atoms with van der Waals surface area (Å²) < 4.78 is 41.5. The van der Waals surface area contributed by atoms with Crippen molar-refractivity contribution in [2.24, 2.45) is 5.73 Å². The number of ether oxygens (including phenoxy) is 1. The minimum absolute atomic E-state index is 0.279. The van der Waals surface area contributed by atoms with Crippen LogP contribution in [0, 0.1) is 6.92 Å². The van der Waals surface area contributed by atoms with E-state index in [2.05, 4.69) is 20.7 Å². The quantitative estimate of drug-likeness (QED) is 0.861. The third-order valence-corrected chi connectivity index (χ3v) is 3.63. The summed E-state index contributed by atoms with van der Waals surface area (Å²) in [6, 6.07) is 10.8. The summed E-state index contributed by atoms with van der Waals surface area (Å²) >= 11 is 3.42. The summed E-state index contributed by atoms with van der Waals surface area (Å²) in [7, 11) is 0. The Hall–Kier alpha value is -1.53. The fourth-order valence-corrected chi connectivity index (χ4v) is 2.71. The summed E-state index contributed by atoms with van der Waals surface area (Å²) in [6.45, 7) is 1.94. The highest BCUT2D eigenvalue weighted by molar-refractivity contribution is 9.10. The lowest BCUT2D eigenvalue weighted by Crippen LogP contribution is -2.18. The Morgan fingerprint density at radius 3 is 2.48 bits per heavy atom. The van der Waals surface area contributed by atoms with Crippen molar-refractivity contribution in [2.75, 3.05) is 0 Å². The largest absolute Gasteiger partial charge is 0.573 e. The maximum atomic E-state index is 12.2. The van der Waals surface area contributed by atoms with Crippen LogP contribution in [-0.4, -0.2) is 6.36 Å². The molecule has 2 nitrogen and oxygen atoms in total. The van der Waals surface area contributed by atoms with Crippen LogP contribution >= 0.6 is 15.9 Å². The predicted molar refractivity (Wildman–Crippen MR) is 78.0 cm³/mol. The Balaban J connectivity index is 2.31. The SMILES string of the molecule is Cc1ccc(C(N)c2cccc(OC(F)(F)F)c2)c(Br)c1. The van der Waals surface area contributed by atoms with E-state index in [0.717, 1.165) is 15.6 Å². The van der Waals surface area contributed by atoms with Gasteiger partial charge in [-0.3, -0.25) is 0 Å². The van der Waals surface area contributed by atoms with Gasteiger partial charge in [-0.05, 0) is 41.8 Å². The molecule has 2 aromatic rings. The fourth-order valence-electron chi connectivity index (χ4n) is 1.97. The third kappa shape index (κ3) is 4.22. The zero-order valence-electron chi connectivity index (χ0n) is 11.1. The number of nitrogens with two attached hydrogens (primary N) is 1. The average Bonchev–Trinajstić information content (AvgIpc) is 2.36. The van der Waals surface area contributed by atoms with Crippen molar-refractivity contribution in [1.29, 1.82) is 0 Å². The number of hydrogen-bond donors (Lipinski definition) is 1. The second-order valence-electron chi connectivity index (χ2n) is 4.62. The standard InChI is InChI=1S/C15H13BrF3NO/c1-9-5-6-12(13(16)7-9)14(20)10-3-2-4-11(8-10)21-15(17,18)19/h2-8,14H,20H2,1H3. The molecule has 0 heterocycles. The highest BCUT2D eigenvalue weighted by Crippen LogP contribution is 2.30. The number of alkyl halides is 3. The van der Waals surface area contributed by atoms with Crippen LogP contribution in [0.2, 0.25) is 0 Å². The molecule has 2 rings (SSSR count). The van der Waals surface area contributed by atoms with E-state index in [1.54, 1.807) is 6.07 Å². The second-order valence-corrected chi connectivity index (χ2v) is 5.48. The van der Waals surface area contributed by atoms with E-state index in [1.807, 2.05) is 25.1 Å². The molecule has 0 saturated carbocycles. The van der Waals surface area contributed by atoms with Crippen molar-refractivity contribution in [3.05, 3.63) is 63.6 Å². The van der Waals surface area contributed by atoms with E-state index < -0.39 is 12.4 Å². The van der Waals surface area contributed by atoms with Gasteiger partial charge in [0.25, 0.3) is 0 Å². The monoisotopic (exact) mass is 359 g/mol. The molecular formula is C15H13BrF3NO. The molecule has 112 valence electrons. The van der Waals surface area contributed by atoms with E-state index in [4.69, 9.17) is 5.73 Å². The molecule has 1 unspecified atom stereocenters. The van der Waals surface area contributed by atoms with Gasteiger partial charge in [-0.15, -0.1) is 13.2 Å². The van der Waals surface area contributed by atoms with Gasteiger partial charge in [-0.1, -0.05) is 40.2 Å². The normalized spacial score (nSPS) is 13.0. The maximum Gasteiger partial charge on any atom is 0.573 e. The molecule has 0 amide bonds. The van der Waals surface area contributed by atoms with Crippen molar-refractivity contribution in [3.63, 3.8) is 0 Å². The molecule has 0 radical (unpaired) electrons. The molecule has 0 aliphatic carbocycles. The van der Waals surface area contributed by atoms with Crippen LogP contribution in [0.4, 0.5) is 13.2 Å². The summed E-state index contributed by atoms with van der Waals surface area (Å²) in [5.74, 6) is -0.279. The molecule has 0 aromatic heterocycles. The molecule has 2 aromatic carbocycles. The number of benzene rings is 2. The third-order valence-electron chi connectivity index (χ3n) is 2.94. The van der Waals surface area contributed by atoms with Gasteiger partial charge < -0.3 is 10.5 Å². The van der Waals surface area contributed by atoms with Gasteiger partial charge in [0.15, 0.2) is 0 Å². The van der Waals surface area contributed by atoms with E-state index in [-0.39, 0.29) is 5.75 Å². The summed E-state index contributed by atoms with van der Waals surface area (Å²) in [4.78, 5) is 0. The Morgan fingerprint density at radius 1 is 1.14 bits per heavy atom. The number of hydrogen-bond acceptors (Lipinski definition) is 2. The Bertz CT molecular complexity index is 643. The van der Waals surface area contributed by atoms with Crippen molar-refractivity contribution >= 4 is 15.9 Å². The number of rotatable bonds is 3. The molecule has 21 heavy (non-hydrogen) atoms. The number of halogens is 4. The van der Waals surface area contributed by atoms with Crippen LogP contribution in [-0.2, 0) is 0 Å². The zero-order chi connectivity index (χ0) is 15.6. The maximum absolute atomic E-state index is 12.2. The van der Waals surface area contributed by atoms with Gasteiger partial charge in [-0.25, -0.2) is 0 Å². The van der Waals surface area contributed by atoms with E-state index in [9.17, 15) is 13.2 Å². The highest BCUT2D eigenvalue weighted by Gasteiger charge is 2.31. The lowest BCUT2D eigenvalue weighted by atomic mass is 9.98. The summed E-state index contributed by atoms with van der Waals surface area (Å²) in [5, 5.41) is 0. The van der Waals surface area contributed by atoms with Gasteiger partial charge >= 0.3 is 6.36 Å². The first-order chi connectivity index (χ1) is 9.76. The van der Waals surface area contributed by atoms with Gasteiger partial charge in [0.05, 0.1) is 6.04 Å². The first-order valence-corrected chi connectivity index (χ1v) is 6.93. The van der Waals surface area contributed by atoms with Gasteiger partial charge in [0.2, 0.25) is 0 Å². The molecule has 0 aliphatic rings. The Kier molecular flexibility index (Phi) is 4.58. The predicted octanol–water partition coefficient (Wildman–Crippen LogP) is 4.70. The van der Waals surface area contributed by atoms with Crippen molar-refractivity contribution in [2.45, 2.75) is 19.3 Å². The van der Waals surface area contributed by atoms with Crippen LogP contribution in [0.15, 0.2) is 46.9 Å². The summed E-state index contributed by atoms with van der Waals surface area (Å²) in [6.07, 6.45) is -4.72. The van der Waals surface area contributed by atoms with Crippen LogP contribution in [0.1, 0.15) is 22.7 Å². The lowest BCUT2D eigenvalue weighted by Gasteiger charge is -2.16. The van der Waals surface area contributed by atoms with E-state index in [0.29, 0.717) is 5.56 Å². The molecule has 0 aliphatic heterocycles. The fraction of sp³-hybridized carbons (Fsp3) is 0.200. The molecule has 1 atom stereocenters. The minimum atomic E-state index is -4.72. The van der Waals surface area contributed by atoms with E-state index >= 15 is 0 Å². The molecular weight excluding hydrogens is 347 g/mol. The molecule has 0 spiro atoms. The average molecular weight is 360 g/mol. The highest BCUT2D eigenvalue weighted by atomic mass is 79.9. The van der Waals surface area contributed by atoms with E-state index in [1.165, 1.54) is 18.2 Å². The Labute approximate surface area is 128 Å². The molecule has 0 bridgehead atoms. The topological polar surface area (TPSA) is 35.2 Å². The lowest BCUT2D eigenvalue weighted by molar-refractivity contribution is -0.274. The first-order valence-electron chi connectivity index (χ1n) is 6.13. The minimum Gasteiger partial charge on any atom is -0.406 e. The van der Waals surface area contributed by atoms with Crippen molar-refractivity contribution < 1.29 is 17.9 Å². The van der Waals surface area contributed by atoms with Crippen LogP contribution < -0.4 is 10.5 Å². The number of aryl methyl sites for hydroxylation is 1. The second kappa shape index (κ2) is 6.07. The van der Waals surface area contributed by atoms with Crippen LogP contribution in [0.5, 0.6) is 5.75 Å². The zero-order valence-corrected chi connectivity index (χ0v) is 12.7. The summed E-state index contributed by atoms with van der Waals surface area (Å²) in [5.41, 5.74) is 8.53. The van der Waals surface area contributed by atoms with Crippen molar-refractivity contribution in [3.8, 4) is 5.75 Å². The smallest absolute Gasteiger partial charge is 0.406 e. The molecule has 6 heteroatoms. The van der Waals surface area contributed by atoms with Crippen LogP contribution in [0.25, 0.3) is 0 Å². The molecule has 2 N–H and O–H groups in total. The molecule has 0 fully saturated rings. The van der Waals surface area contributed by atoms with Gasteiger partial charge in [-0.2, -0.15) is 0 Å². The van der Waals surface area contributed by atoms with Crippen molar-refractivity contribution in [1.82, 2.24) is 0 Å². The van der Waals surface area contributed by atoms with Gasteiger partial charge in [0.1, 0.15) is 5.75 Å². The molecule has 0 saturated heterocycles. The van der Waals surface area contributed by atoms with Gasteiger partial charge in [0, 0.05) is 4.47 Å².